The smallest absolute Gasteiger partial charge is 0.222 e. The van der Waals surface area contributed by atoms with Gasteiger partial charge in [-0.2, -0.15) is 0 Å². The molecule has 8 heteroatoms. The predicted molar refractivity (Wildman–Crippen MR) is 104 cm³/mol. The first kappa shape index (κ1) is 18.8. The van der Waals surface area contributed by atoms with Gasteiger partial charge in [-0.3, -0.25) is 4.79 Å². The molecule has 27 heavy (non-hydrogen) atoms. The molecule has 1 fully saturated rings. The van der Waals surface area contributed by atoms with E-state index < -0.39 is 0 Å². The number of benzene rings is 1. The van der Waals surface area contributed by atoms with E-state index in [2.05, 4.69) is 20.5 Å². The monoisotopic (exact) mass is 372 g/mol. The number of pyridine rings is 1. The van der Waals surface area contributed by atoms with Crippen molar-refractivity contribution in [3.05, 3.63) is 24.3 Å². The van der Waals surface area contributed by atoms with Crippen LogP contribution in [0, 0.1) is 0 Å². The third kappa shape index (κ3) is 4.06. The Bertz CT molecular complexity index is 835. The number of ether oxygens (including phenoxy) is 2. The zero-order chi connectivity index (χ0) is 19.4. The first-order chi connectivity index (χ1) is 13.0. The molecule has 1 aromatic carbocycles. The predicted octanol–water partition coefficient (Wildman–Crippen LogP) is 1.84. The largest absolute Gasteiger partial charge is 0.503 e. The van der Waals surface area contributed by atoms with Gasteiger partial charge in [0.2, 0.25) is 5.91 Å². The van der Waals surface area contributed by atoms with Gasteiger partial charge in [0.15, 0.2) is 23.1 Å². The zero-order valence-electron chi connectivity index (χ0n) is 15.7. The number of carbonyl (C=O) groups excluding carboxylic acids is 1. The Morgan fingerprint density at radius 2 is 1.89 bits per heavy atom. The molecule has 0 unspecified atom stereocenters. The first-order valence-corrected chi connectivity index (χ1v) is 8.73. The summed E-state index contributed by atoms with van der Waals surface area (Å²) in [5.41, 5.74) is 2.04. The van der Waals surface area contributed by atoms with Crippen LogP contribution < -0.4 is 25.0 Å². The van der Waals surface area contributed by atoms with Crippen LogP contribution in [0.1, 0.15) is 6.92 Å². The molecule has 3 N–H and O–H groups in total. The topological polar surface area (TPSA) is 96.0 Å². The summed E-state index contributed by atoms with van der Waals surface area (Å²) in [5, 5.41) is 16.6. The zero-order valence-corrected chi connectivity index (χ0v) is 15.7. The van der Waals surface area contributed by atoms with Crippen molar-refractivity contribution in [1.29, 1.82) is 0 Å². The van der Waals surface area contributed by atoms with Crippen LogP contribution in [0.4, 0.5) is 11.5 Å². The molecule has 0 spiro atoms. The second kappa shape index (κ2) is 8.13. The Hall–Kier alpha value is -3.00. The van der Waals surface area contributed by atoms with Gasteiger partial charge in [0.05, 0.1) is 25.6 Å². The molecule has 3 rings (SSSR count). The number of aromatic hydroxyl groups is 1. The Morgan fingerprint density at radius 1 is 1.19 bits per heavy atom. The van der Waals surface area contributed by atoms with Gasteiger partial charge in [-0.15, -0.1) is 0 Å². The van der Waals surface area contributed by atoms with Gasteiger partial charge >= 0.3 is 0 Å². The highest BCUT2D eigenvalue weighted by atomic mass is 16.5. The van der Waals surface area contributed by atoms with Crippen LogP contribution >= 0.6 is 0 Å². The molecule has 8 nitrogen and oxygen atoms in total. The SMILES string of the molecule is COc1ccc(-c2cc(N3CCNCC3)c(O)c(NC(C)=O)n2)cc1OC. The van der Waals surface area contributed by atoms with E-state index >= 15 is 0 Å². The van der Waals surface area contributed by atoms with E-state index in [4.69, 9.17) is 9.47 Å². The lowest BCUT2D eigenvalue weighted by molar-refractivity contribution is -0.114. The maximum Gasteiger partial charge on any atom is 0.222 e. The van der Waals surface area contributed by atoms with Crippen molar-refractivity contribution in [2.75, 3.05) is 50.6 Å². The third-order valence-electron chi connectivity index (χ3n) is 4.40. The van der Waals surface area contributed by atoms with E-state index in [-0.39, 0.29) is 17.5 Å². The molecule has 0 aliphatic carbocycles. The van der Waals surface area contributed by atoms with Crippen LogP contribution in [0.25, 0.3) is 11.3 Å². The number of nitrogens with one attached hydrogen (secondary N) is 2. The second-order valence-electron chi connectivity index (χ2n) is 6.21. The summed E-state index contributed by atoms with van der Waals surface area (Å²) in [7, 11) is 3.15. The minimum Gasteiger partial charge on any atom is -0.503 e. The van der Waals surface area contributed by atoms with Crippen molar-refractivity contribution in [1.82, 2.24) is 10.3 Å². The fraction of sp³-hybridized carbons (Fsp3) is 0.368. The van der Waals surface area contributed by atoms with Crippen LogP contribution in [0.3, 0.4) is 0 Å². The molecule has 2 heterocycles. The van der Waals surface area contributed by atoms with E-state index in [9.17, 15) is 9.90 Å². The normalized spacial score (nSPS) is 14.0. The van der Waals surface area contributed by atoms with Gasteiger partial charge in [0.25, 0.3) is 0 Å². The van der Waals surface area contributed by atoms with Crippen LogP contribution in [-0.4, -0.2) is 56.4 Å². The number of rotatable bonds is 5. The fourth-order valence-electron chi connectivity index (χ4n) is 3.07. The maximum atomic E-state index is 11.6. The highest BCUT2D eigenvalue weighted by molar-refractivity contribution is 5.91. The first-order valence-electron chi connectivity index (χ1n) is 8.73. The van der Waals surface area contributed by atoms with Crippen molar-refractivity contribution in [2.45, 2.75) is 6.92 Å². The molecule has 0 bridgehead atoms. The van der Waals surface area contributed by atoms with Crippen molar-refractivity contribution in [3.63, 3.8) is 0 Å². The van der Waals surface area contributed by atoms with Gasteiger partial charge in [-0.05, 0) is 24.3 Å². The Balaban J connectivity index is 2.10. The third-order valence-corrected chi connectivity index (χ3v) is 4.40. The van der Waals surface area contributed by atoms with Gasteiger partial charge in [-0.25, -0.2) is 4.98 Å². The lowest BCUT2D eigenvalue weighted by Gasteiger charge is -2.30. The van der Waals surface area contributed by atoms with Crippen molar-refractivity contribution < 1.29 is 19.4 Å². The van der Waals surface area contributed by atoms with Gasteiger partial charge in [0, 0.05) is 38.7 Å². The number of aromatic nitrogens is 1. The molecule has 1 aliphatic rings. The Kier molecular flexibility index (Phi) is 5.66. The van der Waals surface area contributed by atoms with Gasteiger partial charge < -0.3 is 30.1 Å². The lowest BCUT2D eigenvalue weighted by Crippen LogP contribution is -2.43. The Labute approximate surface area is 158 Å². The fourth-order valence-corrected chi connectivity index (χ4v) is 3.07. The van der Waals surface area contributed by atoms with Crippen LogP contribution in [-0.2, 0) is 4.79 Å². The van der Waals surface area contributed by atoms with E-state index in [1.54, 1.807) is 20.3 Å². The van der Waals surface area contributed by atoms with Gasteiger partial charge in [-0.1, -0.05) is 0 Å². The minimum atomic E-state index is -0.298. The molecule has 0 saturated carbocycles. The molecule has 2 aromatic rings. The number of anilines is 2. The van der Waals surface area contributed by atoms with Crippen molar-refractivity contribution in [3.8, 4) is 28.5 Å². The Morgan fingerprint density at radius 3 is 2.52 bits per heavy atom. The van der Waals surface area contributed by atoms with Crippen LogP contribution in [0.5, 0.6) is 17.2 Å². The summed E-state index contributed by atoms with van der Waals surface area (Å²) in [6.45, 7) is 4.53. The number of nitrogens with zero attached hydrogens (tertiary/aromatic N) is 2. The molecule has 1 aliphatic heterocycles. The highest BCUT2D eigenvalue weighted by Crippen LogP contribution is 2.39. The number of amides is 1. The van der Waals surface area contributed by atoms with Crippen molar-refractivity contribution in [2.24, 2.45) is 0 Å². The van der Waals surface area contributed by atoms with Gasteiger partial charge in [0.1, 0.15) is 0 Å². The number of carbonyl (C=O) groups is 1. The standard InChI is InChI=1S/C19H24N4O4/c1-12(24)21-19-18(25)15(23-8-6-20-7-9-23)11-14(22-19)13-4-5-16(26-2)17(10-13)27-3/h4-5,10-11,20,25H,6-9H2,1-3H3,(H,21,22,24). The molecule has 144 valence electrons. The molecular formula is C19H24N4O4. The number of hydrogen-bond donors (Lipinski definition) is 3. The van der Waals surface area contributed by atoms with Crippen molar-refractivity contribution >= 4 is 17.4 Å². The average molecular weight is 372 g/mol. The summed E-state index contributed by atoms with van der Waals surface area (Å²) in [6, 6.07) is 7.30. The minimum absolute atomic E-state index is 0.0312. The second-order valence-corrected chi connectivity index (χ2v) is 6.21. The van der Waals surface area contributed by atoms with Crippen LogP contribution in [0.15, 0.2) is 24.3 Å². The molecule has 1 amide bonds. The average Bonchev–Trinajstić information content (AvgIpc) is 2.69. The van der Waals surface area contributed by atoms with E-state index in [0.717, 1.165) is 31.7 Å². The molecular weight excluding hydrogens is 348 g/mol. The maximum absolute atomic E-state index is 11.6. The quantitative estimate of drug-likeness (QED) is 0.737. The van der Waals surface area contributed by atoms with E-state index in [0.29, 0.717) is 22.9 Å². The summed E-state index contributed by atoms with van der Waals surface area (Å²) in [5.74, 6) is 1.01. The molecule has 0 radical (unpaired) electrons. The molecule has 1 aromatic heterocycles. The van der Waals surface area contributed by atoms with E-state index in [1.807, 2.05) is 18.2 Å². The molecule has 0 atom stereocenters. The highest BCUT2D eigenvalue weighted by Gasteiger charge is 2.20. The molecule has 1 saturated heterocycles. The summed E-state index contributed by atoms with van der Waals surface area (Å²) >= 11 is 0. The van der Waals surface area contributed by atoms with E-state index in [1.165, 1.54) is 6.92 Å². The van der Waals surface area contributed by atoms with Crippen LogP contribution in [0.2, 0.25) is 0 Å². The summed E-state index contributed by atoms with van der Waals surface area (Å²) < 4.78 is 10.7. The number of piperazine rings is 1. The lowest BCUT2D eigenvalue weighted by atomic mass is 10.1. The number of methoxy groups -OCH3 is 2. The summed E-state index contributed by atoms with van der Waals surface area (Å²) in [6.07, 6.45) is 0. The summed E-state index contributed by atoms with van der Waals surface area (Å²) in [4.78, 5) is 18.1. The number of hydrogen-bond acceptors (Lipinski definition) is 7.